The molecule has 0 radical (unpaired) electrons. The maximum absolute atomic E-state index is 12.4. The Bertz CT molecular complexity index is 888. The Morgan fingerprint density at radius 1 is 1.04 bits per heavy atom. The van der Waals surface area contributed by atoms with E-state index >= 15 is 0 Å². The molecule has 26 heavy (non-hydrogen) atoms. The highest BCUT2D eigenvalue weighted by molar-refractivity contribution is 7.92. The third-order valence-corrected chi connectivity index (χ3v) is 4.25. The number of methoxy groups -OCH3 is 2. The molecule has 2 N–H and O–H groups in total. The molecule has 2 rings (SSSR count). The van der Waals surface area contributed by atoms with E-state index in [2.05, 4.69) is 10.0 Å². The highest BCUT2D eigenvalue weighted by Gasteiger charge is 2.11. The molecule has 0 fully saturated rings. The number of ether oxygens (including phenoxy) is 2. The fraction of sp³-hybridized carbons (Fsp3) is 0.278. The molecule has 0 aromatic heterocycles. The minimum absolute atomic E-state index is 0.273. The summed E-state index contributed by atoms with van der Waals surface area (Å²) >= 11 is 0. The smallest absolute Gasteiger partial charge is 0.251 e. The summed E-state index contributed by atoms with van der Waals surface area (Å²) in [5, 5.41) is 2.80. The Hall–Kier alpha value is -2.74. The number of nitrogens with one attached hydrogen (secondary N) is 2. The van der Waals surface area contributed by atoms with E-state index in [1.165, 1.54) is 6.07 Å². The maximum Gasteiger partial charge on any atom is 0.251 e. The van der Waals surface area contributed by atoms with E-state index in [-0.39, 0.29) is 12.5 Å². The number of anilines is 1. The van der Waals surface area contributed by atoms with Crippen LogP contribution in [0.1, 0.15) is 21.5 Å². The van der Waals surface area contributed by atoms with Gasteiger partial charge in [0.2, 0.25) is 10.0 Å². The normalized spacial score (nSPS) is 10.9. The zero-order valence-electron chi connectivity index (χ0n) is 15.1. The van der Waals surface area contributed by atoms with E-state index in [1.54, 1.807) is 51.5 Å². The second kappa shape index (κ2) is 8.09. The van der Waals surface area contributed by atoms with Gasteiger partial charge in [-0.05, 0) is 42.3 Å². The Morgan fingerprint density at radius 2 is 1.65 bits per heavy atom. The summed E-state index contributed by atoms with van der Waals surface area (Å²) in [5.74, 6) is 0.940. The molecule has 2 aromatic carbocycles. The molecule has 0 saturated carbocycles. The highest BCUT2D eigenvalue weighted by atomic mass is 32.2. The number of sulfonamides is 1. The lowest BCUT2D eigenvalue weighted by Crippen LogP contribution is -2.23. The van der Waals surface area contributed by atoms with Gasteiger partial charge in [0.1, 0.15) is 11.5 Å². The Balaban J connectivity index is 2.14. The molecule has 7 nitrogen and oxygen atoms in total. The summed E-state index contributed by atoms with van der Waals surface area (Å²) in [6.07, 6.45) is 1.06. The average molecular weight is 378 g/mol. The largest absolute Gasteiger partial charge is 0.497 e. The van der Waals surface area contributed by atoms with Crippen LogP contribution in [-0.4, -0.2) is 34.8 Å². The molecule has 0 bridgehead atoms. The van der Waals surface area contributed by atoms with Gasteiger partial charge in [0.05, 0.1) is 26.2 Å². The van der Waals surface area contributed by atoms with E-state index in [4.69, 9.17) is 9.47 Å². The summed E-state index contributed by atoms with van der Waals surface area (Å²) in [7, 11) is -0.312. The molecule has 8 heteroatoms. The lowest BCUT2D eigenvalue weighted by Gasteiger charge is -2.12. The first-order chi connectivity index (χ1) is 12.2. The molecule has 0 atom stereocenters. The van der Waals surface area contributed by atoms with Crippen LogP contribution >= 0.6 is 0 Å². The van der Waals surface area contributed by atoms with Gasteiger partial charge in [0, 0.05) is 18.2 Å². The van der Waals surface area contributed by atoms with E-state index in [0.29, 0.717) is 22.7 Å². The second-order valence-corrected chi connectivity index (χ2v) is 7.56. The van der Waals surface area contributed by atoms with Crippen LogP contribution in [0.15, 0.2) is 36.4 Å². The van der Waals surface area contributed by atoms with E-state index in [0.717, 1.165) is 17.4 Å². The van der Waals surface area contributed by atoms with Gasteiger partial charge < -0.3 is 14.8 Å². The standard InChI is InChI=1S/C18H22N2O5S/c1-12-5-6-14(9-17(12)20-26(4,22)23)18(21)19-11-13-7-15(24-2)10-16(8-13)25-3/h5-10,20H,11H2,1-4H3,(H,19,21). The van der Waals surface area contributed by atoms with Gasteiger partial charge in [-0.2, -0.15) is 0 Å². The van der Waals surface area contributed by atoms with Crippen LogP contribution in [0.2, 0.25) is 0 Å². The number of hydrogen-bond donors (Lipinski definition) is 2. The van der Waals surface area contributed by atoms with Crippen LogP contribution in [0, 0.1) is 6.92 Å². The maximum atomic E-state index is 12.4. The van der Waals surface area contributed by atoms with Crippen molar-refractivity contribution in [3.8, 4) is 11.5 Å². The molecule has 0 aliphatic carbocycles. The molecule has 0 heterocycles. The SMILES string of the molecule is COc1cc(CNC(=O)c2ccc(C)c(NS(C)(=O)=O)c2)cc(OC)c1. The number of rotatable bonds is 7. The molecule has 140 valence electrons. The number of benzene rings is 2. The van der Waals surface area contributed by atoms with E-state index in [1.807, 2.05) is 0 Å². The lowest BCUT2D eigenvalue weighted by molar-refractivity contribution is 0.0951. The molecular weight excluding hydrogens is 356 g/mol. The van der Waals surface area contributed by atoms with Crippen molar-refractivity contribution in [2.24, 2.45) is 0 Å². The molecule has 2 aromatic rings. The van der Waals surface area contributed by atoms with Gasteiger partial charge >= 0.3 is 0 Å². The first-order valence-corrected chi connectivity index (χ1v) is 9.69. The monoisotopic (exact) mass is 378 g/mol. The topological polar surface area (TPSA) is 93.7 Å². The predicted octanol–water partition coefficient (Wildman–Crippen LogP) is 2.31. The summed E-state index contributed by atoms with van der Waals surface area (Å²) in [6.45, 7) is 2.03. The highest BCUT2D eigenvalue weighted by Crippen LogP contribution is 2.23. The zero-order valence-corrected chi connectivity index (χ0v) is 15.9. The minimum atomic E-state index is -3.42. The lowest BCUT2D eigenvalue weighted by atomic mass is 10.1. The molecule has 0 aliphatic heterocycles. The fourth-order valence-corrected chi connectivity index (χ4v) is 2.95. The van der Waals surface area contributed by atoms with Crippen LogP contribution < -0.4 is 19.5 Å². The summed E-state index contributed by atoms with van der Waals surface area (Å²) in [5.41, 5.74) is 2.28. The zero-order chi connectivity index (χ0) is 19.3. The van der Waals surface area contributed by atoms with Crippen molar-refractivity contribution in [1.29, 1.82) is 0 Å². The number of carbonyl (C=O) groups is 1. The molecular formula is C18H22N2O5S. The average Bonchev–Trinajstić information content (AvgIpc) is 2.60. The van der Waals surface area contributed by atoms with Gasteiger partial charge in [0.15, 0.2) is 0 Å². The third-order valence-electron chi connectivity index (χ3n) is 3.66. The summed E-state index contributed by atoms with van der Waals surface area (Å²) < 4.78 is 35.7. The van der Waals surface area contributed by atoms with Crippen LogP contribution in [0.4, 0.5) is 5.69 Å². The molecule has 0 spiro atoms. The quantitative estimate of drug-likeness (QED) is 0.771. The first kappa shape index (κ1) is 19.6. The van der Waals surface area contributed by atoms with E-state index < -0.39 is 10.0 Å². The summed E-state index contributed by atoms with van der Waals surface area (Å²) in [6, 6.07) is 10.2. The molecule has 1 amide bonds. The second-order valence-electron chi connectivity index (χ2n) is 5.81. The summed E-state index contributed by atoms with van der Waals surface area (Å²) in [4.78, 5) is 12.4. The van der Waals surface area contributed by atoms with Crippen molar-refractivity contribution in [2.75, 3.05) is 25.2 Å². The van der Waals surface area contributed by atoms with Crippen molar-refractivity contribution in [1.82, 2.24) is 5.32 Å². The molecule has 0 unspecified atom stereocenters. The van der Waals surface area contributed by atoms with Crippen molar-refractivity contribution in [3.63, 3.8) is 0 Å². The Kier molecular flexibility index (Phi) is 6.10. The van der Waals surface area contributed by atoms with Crippen molar-refractivity contribution >= 4 is 21.6 Å². The number of hydrogen-bond acceptors (Lipinski definition) is 5. The van der Waals surface area contributed by atoms with Gasteiger partial charge in [-0.25, -0.2) is 8.42 Å². The van der Waals surface area contributed by atoms with Crippen molar-refractivity contribution < 1.29 is 22.7 Å². The predicted molar refractivity (Wildman–Crippen MR) is 100 cm³/mol. The van der Waals surface area contributed by atoms with Crippen molar-refractivity contribution in [3.05, 3.63) is 53.1 Å². The van der Waals surface area contributed by atoms with Crippen LogP contribution in [0.3, 0.4) is 0 Å². The van der Waals surface area contributed by atoms with Gasteiger partial charge in [-0.15, -0.1) is 0 Å². The first-order valence-electron chi connectivity index (χ1n) is 7.80. The Labute approximate surface area is 153 Å². The van der Waals surface area contributed by atoms with Crippen LogP contribution in [0.5, 0.6) is 11.5 Å². The number of aryl methyl sites for hydroxylation is 1. The number of amides is 1. The van der Waals surface area contributed by atoms with Gasteiger partial charge in [0.25, 0.3) is 5.91 Å². The van der Waals surface area contributed by atoms with Crippen LogP contribution in [-0.2, 0) is 16.6 Å². The third kappa shape index (κ3) is 5.38. The van der Waals surface area contributed by atoms with Crippen molar-refractivity contribution in [2.45, 2.75) is 13.5 Å². The van der Waals surface area contributed by atoms with Gasteiger partial charge in [-0.1, -0.05) is 6.07 Å². The van der Waals surface area contributed by atoms with E-state index in [9.17, 15) is 13.2 Å². The minimum Gasteiger partial charge on any atom is -0.497 e. The number of carbonyl (C=O) groups excluding carboxylic acids is 1. The molecule has 0 saturated heterocycles. The van der Waals surface area contributed by atoms with Gasteiger partial charge in [-0.3, -0.25) is 9.52 Å². The van der Waals surface area contributed by atoms with Crippen LogP contribution in [0.25, 0.3) is 0 Å². The Morgan fingerprint density at radius 3 is 2.19 bits per heavy atom. The molecule has 0 aliphatic rings. The fourth-order valence-electron chi connectivity index (χ4n) is 2.33.